The fraction of sp³-hybridized carbons (Fsp3) is 0.167. The summed E-state index contributed by atoms with van der Waals surface area (Å²) in [5.41, 5.74) is 0.871. The van der Waals surface area contributed by atoms with Crippen LogP contribution in [0.4, 0.5) is 5.13 Å². The molecule has 0 aliphatic heterocycles. The number of phenols is 2. The van der Waals surface area contributed by atoms with Crippen LogP contribution in [-0.2, 0) is 0 Å². The minimum absolute atomic E-state index is 0.0144. The van der Waals surface area contributed by atoms with Gasteiger partial charge < -0.3 is 10.2 Å². The molecule has 0 atom stereocenters. The molecule has 0 saturated carbocycles. The van der Waals surface area contributed by atoms with E-state index in [-0.39, 0.29) is 11.3 Å². The van der Waals surface area contributed by atoms with E-state index in [0.29, 0.717) is 5.13 Å². The van der Waals surface area contributed by atoms with Crippen molar-refractivity contribution in [3.05, 3.63) is 34.3 Å². The van der Waals surface area contributed by atoms with Gasteiger partial charge >= 0.3 is 0 Å². The van der Waals surface area contributed by atoms with Gasteiger partial charge in [-0.3, -0.25) is 10.1 Å². The highest BCUT2D eigenvalue weighted by molar-refractivity contribution is 7.15. The van der Waals surface area contributed by atoms with Gasteiger partial charge in [0.1, 0.15) is 0 Å². The Morgan fingerprint density at radius 2 is 2.06 bits per heavy atom. The second kappa shape index (κ2) is 4.66. The fourth-order valence-corrected chi connectivity index (χ4v) is 2.21. The van der Waals surface area contributed by atoms with Crippen LogP contribution in [0, 0.1) is 13.8 Å². The third-order valence-electron chi connectivity index (χ3n) is 2.51. The molecule has 0 unspecified atom stereocenters. The van der Waals surface area contributed by atoms with Crippen molar-refractivity contribution in [2.75, 3.05) is 5.32 Å². The number of anilines is 1. The van der Waals surface area contributed by atoms with Crippen molar-refractivity contribution in [2.24, 2.45) is 0 Å². The lowest BCUT2D eigenvalue weighted by Gasteiger charge is -2.05. The van der Waals surface area contributed by atoms with Gasteiger partial charge in [0.25, 0.3) is 5.91 Å². The molecule has 0 spiro atoms. The molecule has 2 aromatic rings. The predicted octanol–water partition coefficient (Wildman–Crippen LogP) is 2.42. The lowest BCUT2D eigenvalue weighted by atomic mass is 10.2. The van der Waals surface area contributed by atoms with Gasteiger partial charge in [0, 0.05) is 4.88 Å². The van der Waals surface area contributed by atoms with Crippen LogP contribution in [0.5, 0.6) is 11.5 Å². The SMILES string of the molecule is Cc1nc(NC(=O)c2cccc(O)c2O)sc1C. The summed E-state index contributed by atoms with van der Waals surface area (Å²) in [7, 11) is 0. The number of aromatic nitrogens is 1. The van der Waals surface area contributed by atoms with E-state index in [1.165, 1.54) is 29.5 Å². The highest BCUT2D eigenvalue weighted by Crippen LogP contribution is 2.29. The van der Waals surface area contributed by atoms with Gasteiger partial charge in [-0.15, -0.1) is 11.3 Å². The quantitative estimate of drug-likeness (QED) is 0.727. The zero-order valence-electron chi connectivity index (χ0n) is 9.89. The Balaban J connectivity index is 2.24. The maximum atomic E-state index is 11.9. The number of benzene rings is 1. The molecule has 0 aliphatic rings. The van der Waals surface area contributed by atoms with E-state index in [1.807, 2.05) is 13.8 Å². The smallest absolute Gasteiger partial charge is 0.261 e. The van der Waals surface area contributed by atoms with E-state index in [4.69, 9.17) is 0 Å². The number of nitrogens with one attached hydrogen (secondary N) is 1. The van der Waals surface area contributed by atoms with E-state index in [0.717, 1.165) is 10.6 Å². The minimum atomic E-state index is -0.503. The number of carbonyl (C=O) groups excluding carboxylic acids is 1. The number of thiazole rings is 1. The second-order valence-corrected chi connectivity index (χ2v) is 4.99. The summed E-state index contributed by atoms with van der Waals surface area (Å²) in [6, 6.07) is 4.23. The summed E-state index contributed by atoms with van der Waals surface area (Å²) in [6.45, 7) is 3.77. The number of hydrogen-bond donors (Lipinski definition) is 3. The molecule has 5 nitrogen and oxygen atoms in total. The Bertz CT molecular complexity index is 588. The number of aromatic hydroxyl groups is 2. The molecular weight excluding hydrogens is 252 g/mol. The van der Waals surface area contributed by atoms with E-state index in [9.17, 15) is 15.0 Å². The molecule has 0 fully saturated rings. The molecular formula is C12H12N2O3S. The number of rotatable bonds is 2. The standard InChI is InChI=1S/C12H12N2O3S/c1-6-7(2)18-12(13-6)14-11(17)8-4-3-5-9(15)10(8)16/h3-5,15-16H,1-2H3,(H,13,14,17). The van der Waals surface area contributed by atoms with Crippen LogP contribution in [0.2, 0.25) is 0 Å². The van der Waals surface area contributed by atoms with Gasteiger partial charge in [-0.25, -0.2) is 4.98 Å². The molecule has 0 saturated heterocycles. The average Bonchev–Trinajstić information content (AvgIpc) is 2.61. The molecule has 1 heterocycles. The first-order valence-corrected chi connectivity index (χ1v) is 6.07. The van der Waals surface area contributed by atoms with Gasteiger partial charge in [0.05, 0.1) is 11.3 Å². The van der Waals surface area contributed by atoms with Crippen LogP contribution in [-0.4, -0.2) is 21.1 Å². The zero-order valence-corrected chi connectivity index (χ0v) is 10.7. The van der Waals surface area contributed by atoms with Crippen molar-refractivity contribution < 1.29 is 15.0 Å². The Morgan fingerprint density at radius 1 is 1.33 bits per heavy atom. The first-order chi connectivity index (χ1) is 8.49. The monoisotopic (exact) mass is 264 g/mol. The highest BCUT2D eigenvalue weighted by atomic mass is 32.1. The van der Waals surface area contributed by atoms with Gasteiger partial charge in [0.15, 0.2) is 16.6 Å². The van der Waals surface area contributed by atoms with Gasteiger partial charge in [-0.2, -0.15) is 0 Å². The number of para-hydroxylation sites is 1. The van der Waals surface area contributed by atoms with E-state index < -0.39 is 11.7 Å². The highest BCUT2D eigenvalue weighted by Gasteiger charge is 2.15. The molecule has 0 radical (unpaired) electrons. The molecule has 1 aromatic carbocycles. The molecule has 94 valence electrons. The van der Waals surface area contributed by atoms with Crippen molar-refractivity contribution in [1.82, 2.24) is 4.98 Å². The van der Waals surface area contributed by atoms with E-state index in [1.54, 1.807) is 0 Å². The van der Waals surface area contributed by atoms with Gasteiger partial charge in [0.2, 0.25) is 0 Å². The molecule has 1 amide bonds. The number of amides is 1. The first-order valence-electron chi connectivity index (χ1n) is 5.25. The molecule has 0 bridgehead atoms. The summed E-state index contributed by atoms with van der Waals surface area (Å²) in [5, 5.41) is 22.0. The van der Waals surface area contributed by atoms with Crippen molar-refractivity contribution in [3.8, 4) is 11.5 Å². The van der Waals surface area contributed by atoms with Crippen LogP contribution in [0.15, 0.2) is 18.2 Å². The lowest BCUT2D eigenvalue weighted by molar-refractivity contribution is 0.102. The average molecular weight is 264 g/mol. The third-order valence-corrected chi connectivity index (χ3v) is 3.50. The summed E-state index contributed by atoms with van der Waals surface area (Å²) in [6.07, 6.45) is 0. The number of phenolic OH excluding ortho intramolecular Hbond substituents is 2. The topological polar surface area (TPSA) is 82.5 Å². The van der Waals surface area contributed by atoms with Crippen LogP contribution >= 0.6 is 11.3 Å². The van der Waals surface area contributed by atoms with E-state index in [2.05, 4.69) is 10.3 Å². The van der Waals surface area contributed by atoms with Crippen LogP contribution in [0.25, 0.3) is 0 Å². The first kappa shape index (κ1) is 12.4. The maximum Gasteiger partial charge on any atom is 0.261 e. The Hall–Kier alpha value is -2.08. The largest absolute Gasteiger partial charge is 0.504 e. The van der Waals surface area contributed by atoms with Crippen molar-refractivity contribution in [1.29, 1.82) is 0 Å². The summed E-state index contributed by atoms with van der Waals surface area (Å²) < 4.78 is 0. The van der Waals surface area contributed by atoms with Crippen LogP contribution < -0.4 is 5.32 Å². The van der Waals surface area contributed by atoms with Crippen molar-refractivity contribution in [3.63, 3.8) is 0 Å². The summed E-state index contributed by atoms with van der Waals surface area (Å²) >= 11 is 1.36. The third kappa shape index (κ3) is 2.28. The van der Waals surface area contributed by atoms with Gasteiger partial charge in [-0.05, 0) is 26.0 Å². The minimum Gasteiger partial charge on any atom is -0.504 e. The molecule has 3 N–H and O–H groups in total. The molecule has 6 heteroatoms. The molecule has 2 rings (SSSR count). The number of carbonyl (C=O) groups is 1. The molecule has 0 aliphatic carbocycles. The second-order valence-electron chi connectivity index (χ2n) is 3.79. The Kier molecular flexibility index (Phi) is 3.20. The van der Waals surface area contributed by atoms with Crippen LogP contribution in [0.3, 0.4) is 0 Å². The lowest BCUT2D eigenvalue weighted by Crippen LogP contribution is -2.11. The van der Waals surface area contributed by atoms with Crippen molar-refractivity contribution >= 4 is 22.4 Å². The Morgan fingerprint density at radius 3 is 2.67 bits per heavy atom. The summed E-state index contributed by atoms with van der Waals surface area (Å²) in [4.78, 5) is 17.1. The molecule has 18 heavy (non-hydrogen) atoms. The summed E-state index contributed by atoms with van der Waals surface area (Å²) in [5.74, 6) is -1.26. The fourth-order valence-electron chi connectivity index (χ4n) is 1.41. The number of aryl methyl sites for hydroxylation is 2. The maximum absolute atomic E-state index is 11.9. The van der Waals surface area contributed by atoms with E-state index >= 15 is 0 Å². The predicted molar refractivity (Wildman–Crippen MR) is 69.3 cm³/mol. The normalized spacial score (nSPS) is 10.3. The Labute approximate surface area is 108 Å². The van der Waals surface area contributed by atoms with Gasteiger partial charge in [-0.1, -0.05) is 6.07 Å². The number of hydrogen-bond acceptors (Lipinski definition) is 5. The van der Waals surface area contributed by atoms with Crippen molar-refractivity contribution in [2.45, 2.75) is 13.8 Å². The van der Waals surface area contributed by atoms with Crippen LogP contribution in [0.1, 0.15) is 20.9 Å². The zero-order chi connectivity index (χ0) is 13.3. The molecule has 1 aromatic heterocycles. The number of nitrogens with zero attached hydrogens (tertiary/aromatic N) is 1.